The first-order valence-electron chi connectivity index (χ1n) is 7.43. The lowest BCUT2D eigenvalue weighted by Crippen LogP contribution is -2.37. The maximum absolute atomic E-state index is 12.9. The average molecular weight is 370 g/mol. The number of carbonyl (C=O) groups excluding carboxylic acids is 2. The number of amides is 1. The molecule has 0 saturated heterocycles. The lowest BCUT2D eigenvalue weighted by atomic mass is 10.0. The van der Waals surface area contributed by atoms with Crippen LogP contribution in [0.25, 0.3) is 0 Å². The minimum atomic E-state index is -0.501. The van der Waals surface area contributed by atoms with E-state index in [2.05, 4.69) is 43.6 Å². The zero-order chi connectivity index (χ0) is 16.9. The number of nitrogens with zero attached hydrogens (tertiary/aromatic N) is 1. The van der Waals surface area contributed by atoms with E-state index in [1.165, 1.54) is 7.11 Å². The highest BCUT2D eigenvalue weighted by molar-refractivity contribution is 9.10. The highest BCUT2D eigenvalue weighted by Gasteiger charge is 2.23. The molecule has 22 heavy (non-hydrogen) atoms. The van der Waals surface area contributed by atoms with E-state index in [0.29, 0.717) is 36.1 Å². The van der Waals surface area contributed by atoms with E-state index in [-0.39, 0.29) is 5.91 Å². The fourth-order valence-electron chi connectivity index (χ4n) is 2.27. The van der Waals surface area contributed by atoms with Crippen LogP contribution in [0.5, 0.6) is 0 Å². The van der Waals surface area contributed by atoms with Gasteiger partial charge in [-0.1, -0.05) is 43.6 Å². The van der Waals surface area contributed by atoms with E-state index in [9.17, 15) is 9.59 Å². The number of benzene rings is 1. The maximum Gasteiger partial charge on any atom is 0.338 e. The van der Waals surface area contributed by atoms with Gasteiger partial charge in [0.1, 0.15) is 0 Å². The molecule has 0 fully saturated rings. The predicted octanol–water partition coefficient (Wildman–Crippen LogP) is 3.99. The molecule has 0 aliphatic rings. The van der Waals surface area contributed by atoms with Crippen molar-refractivity contribution in [3.8, 4) is 0 Å². The first-order chi connectivity index (χ1) is 10.3. The van der Waals surface area contributed by atoms with E-state index in [1.807, 2.05) is 4.90 Å². The zero-order valence-electron chi connectivity index (χ0n) is 13.9. The van der Waals surface area contributed by atoms with Crippen LogP contribution >= 0.6 is 15.9 Å². The third-order valence-corrected chi connectivity index (χ3v) is 3.57. The molecule has 122 valence electrons. The molecule has 0 aliphatic carbocycles. The van der Waals surface area contributed by atoms with Crippen molar-refractivity contribution >= 4 is 27.8 Å². The summed E-state index contributed by atoms with van der Waals surface area (Å²) in [5, 5.41) is 0. The van der Waals surface area contributed by atoms with Gasteiger partial charge in [0.05, 0.1) is 18.2 Å². The monoisotopic (exact) mass is 369 g/mol. The SMILES string of the molecule is COC(=O)c1cc(Br)ccc1C(=O)N(CC(C)C)CC(C)C. The molecule has 0 heterocycles. The Kier molecular flexibility index (Phi) is 7.07. The molecule has 0 N–H and O–H groups in total. The molecule has 0 unspecified atom stereocenters. The Morgan fingerprint density at radius 1 is 1.09 bits per heavy atom. The highest BCUT2D eigenvalue weighted by Crippen LogP contribution is 2.20. The summed E-state index contributed by atoms with van der Waals surface area (Å²) in [5.41, 5.74) is 0.677. The van der Waals surface area contributed by atoms with Crippen molar-refractivity contribution in [2.24, 2.45) is 11.8 Å². The number of esters is 1. The van der Waals surface area contributed by atoms with E-state index < -0.39 is 5.97 Å². The molecule has 5 heteroatoms. The minimum Gasteiger partial charge on any atom is -0.465 e. The van der Waals surface area contributed by atoms with Crippen LogP contribution in [0.15, 0.2) is 22.7 Å². The van der Waals surface area contributed by atoms with Crippen molar-refractivity contribution in [3.63, 3.8) is 0 Å². The summed E-state index contributed by atoms with van der Waals surface area (Å²) in [7, 11) is 1.32. The molecule has 1 amide bonds. The van der Waals surface area contributed by atoms with Crippen LogP contribution < -0.4 is 0 Å². The van der Waals surface area contributed by atoms with E-state index >= 15 is 0 Å². The van der Waals surface area contributed by atoms with Gasteiger partial charge in [0, 0.05) is 17.6 Å². The quantitative estimate of drug-likeness (QED) is 0.712. The molecule has 0 radical (unpaired) electrons. The van der Waals surface area contributed by atoms with Gasteiger partial charge in [-0.05, 0) is 30.0 Å². The van der Waals surface area contributed by atoms with Gasteiger partial charge in [-0.3, -0.25) is 4.79 Å². The summed E-state index contributed by atoms with van der Waals surface area (Å²) in [6.07, 6.45) is 0. The van der Waals surface area contributed by atoms with Crippen molar-refractivity contribution in [2.45, 2.75) is 27.7 Å². The molecule has 0 bridgehead atoms. The van der Waals surface area contributed by atoms with Crippen LogP contribution in [-0.4, -0.2) is 37.0 Å². The lowest BCUT2D eigenvalue weighted by Gasteiger charge is -2.27. The van der Waals surface area contributed by atoms with Crippen LogP contribution in [0.1, 0.15) is 48.4 Å². The second kappa shape index (κ2) is 8.32. The molecule has 0 atom stereocenters. The Hall–Kier alpha value is -1.36. The number of hydrogen-bond acceptors (Lipinski definition) is 3. The summed E-state index contributed by atoms with van der Waals surface area (Å²) in [6, 6.07) is 5.07. The fraction of sp³-hybridized carbons (Fsp3) is 0.529. The maximum atomic E-state index is 12.9. The number of ether oxygens (including phenoxy) is 1. The van der Waals surface area contributed by atoms with Gasteiger partial charge in [-0.25, -0.2) is 4.79 Å². The fourth-order valence-corrected chi connectivity index (χ4v) is 2.64. The molecular formula is C17H24BrNO3. The lowest BCUT2D eigenvalue weighted by molar-refractivity contribution is 0.0587. The van der Waals surface area contributed by atoms with Crippen LogP contribution in [0.3, 0.4) is 0 Å². The van der Waals surface area contributed by atoms with Crippen molar-refractivity contribution in [1.82, 2.24) is 4.90 Å². The third-order valence-electron chi connectivity index (χ3n) is 3.08. The van der Waals surface area contributed by atoms with E-state index in [0.717, 1.165) is 4.47 Å². The van der Waals surface area contributed by atoms with Gasteiger partial charge in [0.25, 0.3) is 5.91 Å². The highest BCUT2D eigenvalue weighted by atomic mass is 79.9. The van der Waals surface area contributed by atoms with Gasteiger partial charge < -0.3 is 9.64 Å². The van der Waals surface area contributed by atoms with Crippen LogP contribution in [0.2, 0.25) is 0 Å². The van der Waals surface area contributed by atoms with Gasteiger partial charge in [-0.15, -0.1) is 0 Å². The molecule has 0 spiro atoms. The number of methoxy groups -OCH3 is 1. The van der Waals surface area contributed by atoms with Crippen LogP contribution in [0.4, 0.5) is 0 Å². The van der Waals surface area contributed by atoms with E-state index in [4.69, 9.17) is 4.74 Å². The van der Waals surface area contributed by atoms with Gasteiger partial charge in [-0.2, -0.15) is 0 Å². The minimum absolute atomic E-state index is 0.129. The predicted molar refractivity (Wildman–Crippen MR) is 91.1 cm³/mol. The molecule has 1 aromatic carbocycles. The number of rotatable bonds is 6. The Balaban J connectivity index is 3.20. The third kappa shape index (κ3) is 5.13. The second-order valence-electron chi connectivity index (χ2n) is 6.18. The average Bonchev–Trinajstić information content (AvgIpc) is 2.44. The van der Waals surface area contributed by atoms with Crippen molar-refractivity contribution in [3.05, 3.63) is 33.8 Å². The number of halogens is 1. The van der Waals surface area contributed by atoms with E-state index in [1.54, 1.807) is 18.2 Å². The number of hydrogen-bond donors (Lipinski definition) is 0. The molecular weight excluding hydrogens is 346 g/mol. The van der Waals surface area contributed by atoms with Gasteiger partial charge in [0.2, 0.25) is 0 Å². The summed E-state index contributed by atoms with van der Waals surface area (Å²) in [4.78, 5) is 26.6. The topological polar surface area (TPSA) is 46.6 Å². The van der Waals surface area contributed by atoms with Crippen molar-refractivity contribution in [1.29, 1.82) is 0 Å². The van der Waals surface area contributed by atoms with Crippen LogP contribution in [-0.2, 0) is 4.74 Å². The van der Waals surface area contributed by atoms with Crippen molar-refractivity contribution in [2.75, 3.05) is 20.2 Å². The van der Waals surface area contributed by atoms with Gasteiger partial charge >= 0.3 is 5.97 Å². The van der Waals surface area contributed by atoms with Crippen molar-refractivity contribution < 1.29 is 14.3 Å². The molecule has 1 rings (SSSR count). The zero-order valence-corrected chi connectivity index (χ0v) is 15.4. The Labute approximate surface area is 141 Å². The molecule has 1 aromatic rings. The Morgan fingerprint density at radius 3 is 2.09 bits per heavy atom. The molecule has 0 aromatic heterocycles. The molecule has 4 nitrogen and oxygen atoms in total. The Bertz CT molecular complexity index is 531. The van der Waals surface area contributed by atoms with Crippen LogP contribution in [0, 0.1) is 11.8 Å². The summed E-state index contributed by atoms with van der Waals surface area (Å²) < 4.78 is 5.53. The second-order valence-corrected chi connectivity index (χ2v) is 7.09. The standard InChI is InChI=1S/C17H24BrNO3/c1-11(2)9-19(10-12(3)4)16(20)14-7-6-13(18)8-15(14)17(21)22-5/h6-8,11-12H,9-10H2,1-5H3. The number of carbonyl (C=O) groups is 2. The Morgan fingerprint density at radius 2 is 1.64 bits per heavy atom. The summed E-state index contributed by atoms with van der Waals surface area (Å²) in [5.74, 6) is 0.0912. The first kappa shape index (κ1) is 18.7. The van der Waals surface area contributed by atoms with Gasteiger partial charge in [0.15, 0.2) is 0 Å². The largest absolute Gasteiger partial charge is 0.465 e. The normalized spacial score (nSPS) is 10.9. The summed E-state index contributed by atoms with van der Waals surface area (Å²) >= 11 is 3.33. The molecule has 0 aliphatic heterocycles. The first-order valence-corrected chi connectivity index (χ1v) is 8.22. The summed E-state index contributed by atoms with van der Waals surface area (Å²) in [6.45, 7) is 9.61. The smallest absolute Gasteiger partial charge is 0.338 e. The molecule has 0 saturated carbocycles.